The molecule has 6 heteroatoms. The van der Waals surface area contributed by atoms with Crippen LogP contribution >= 0.6 is 0 Å². The van der Waals surface area contributed by atoms with Crippen LogP contribution in [0.1, 0.15) is 38.4 Å². The maximum absolute atomic E-state index is 12.3. The quantitative estimate of drug-likeness (QED) is 0.940. The first-order valence-corrected chi connectivity index (χ1v) is 7.38. The maximum Gasteiger partial charge on any atom is 0.227 e. The van der Waals surface area contributed by atoms with E-state index in [2.05, 4.69) is 29.4 Å². The molecule has 2 aromatic rings. The third-order valence-electron chi connectivity index (χ3n) is 3.80. The molecular formula is C15H20N4O2. The van der Waals surface area contributed by atoms with E-state index in [0.717, 1.165) is 30.0 Å². The van der Waals surface area contributed by atoms with Gasteiger partial charge in [0.25, 0.3) is 0 Å². The third kappa shape index (κ3) is 2.90. The van der Waals surface area contributed by atoms with Gasteiger partial charge in [0.15, 0.2) is 5.65 Å². The van der Waals surface area contributed by atoms with Crippen LogP contribution < -0.4 is 5.32 Å². The Bertz CT molecular complexity index is 644. The summed E-state index contributed by atoms with van der Waals surface area (Å²) in [6.45, 7) is 5.48. The molecule has 0 unspecified atom stereocenters. The fourth-order valence-electron chi connectivity index (χ4n) is 2.58. The van der Waals surface area contributed by atoms with Crippen LogP contribution in [0.25, 0.3) is 5.65 Å². The van der Waals surface area contributed by atoms with Crippen LogP contribution in [0.4, 0.5) is 5.69 Å². The summed E-state index contributed by atoms with van der Waals surface area (Å²) >= 11 is 0. The molecule has 1 fully saturated rings. The summed E-state index contributed by atoms with van der Waals surface area (Å²) in [5.41, 5.74) is 1.57. The average molecular weight is 288 g/mol. The zero-order valence-corrected chi connectivity index (χ0v) is 12.4. The number of ether oxygens (including phenoxy) is 1. The topological polar surface area (TPSA) is 68.5 Å². The van der Waals surface area contributed by atoms with Gasteiger partial charge in [-0.25, -0.2) is 0 Å². The molecule has 0 spiro atoms. The molecule has 1 saturated heterocycles. The van der Waals surface area contributed by atoms with E-state index < -0.39 is 0 Å². The monoisotopic (exact) mass is 288 g/mol. The summed E-state index contributed by atoms with van der Waals surface area (Å²) in [6.07, 6.45) is 3.47. The summed E-state index contributed by atoms with van der Waals surface area (Å²) in [4.78, 5) is 12.3. The van der Waals surface area contributed by atoms with Gasteiger partial charge in [-0.05, 0) is 25.0 Å². The maximum atomic E-state index is 12.3. The number of pyridine rings is 1. The molecule has 0 aromatic carbocycles. The van der Waals surface area contributed by atoms with Gasteiger partial charge in [-0.1, -0.05) is 13.8 Å². The molecule has 0 aliphatic carbocycles. The summed E-state index contributed by atoms with van der Waals surface area (Å²) in [6, 6.07) is 3.74. The highest BCUT2D eigenvalue weighted by Crippen LogP contribution is 2.20. The molecule has 1 N–H and O–H groups in total. The predicted molar refractivity (Wildman–Crippen MR) is 79.2 cm³/mol. The van der Waals surface area contributed by atoms with E-state index in [4.69, 9.17) is 4.74 Å². The van der Waals surface area contributed by atoms with E-state index >= 15 is 0 Å². The molecule has 0 radical (unpaired) electrons. The molecule has 3 rings (SSSR count). The highest BCUT2D eigenvalue weighted by atomic mass is 16.5. The number of rotatable bonds is 3. The number of anilines is 1. The molecule has 1 amide bonds. The molecule has 1 aliphatic heterocycles. The number of hydrogen-bond acceptors (Lipinski definition) is 4. The summed E-state index contributed by atoms with van der Waals surface area (Å²) in [5, 5.41) is 11.3. The van der Waals surface area contributed by atoms with Gasteiger partial charge >= 0.3 is 0 Å². The molecule has 6 nitrogen and oxygen atoms in total. The highest BCUT2D eigenvalue weighted by Gasteiger charge is 2.21. The molecule has 0 saturated carbocycles. The minimum absolute atomic E-state index is 0.0416. The van der Waals surface area contributed by atoms with E-state index in [-0.39, 0.29) is 17.7 Å². The van der Waals surface area contributed by atoms with Crippen molar-refractivity contribution >= 4 is 17.2 Å². The van der Waals surface area contributed by atoms with Crippen LogP contribution in [0, 0.1) is 5.92 Å². The number of hydrogen-bond donors (Lipinski definition) is 1. The van der Waals surface area contributed by atoms with Crippen molar-refractivity contribution in [2.24, 2.45) is 5.92 Å². The van der Waals surface area contributed by atoms with Gasteiger partial charge in [-0.2, -0.15) is 0 Å². The Morgan fingerprint density at radius 2 is 2.10 bits per heavy atom. The lowest BCUT2D eigenvalue weighted by Crippen LogP contribution is -2.28. The van der Waals surface area contributed by atoms with Crippen molar-refractivity contribution < 1.29 is 9.53 Å². The second-order valence-electron chi connectivity index (χ2n) is 5.73. The first kappa shape index (κ1) is 14.0. The fraction of sp³-hybridized carbons (Fsp3) is 0.533. The Balaban J connectivity index is 1.80. The minimum atomic E-state index is 0.0416. The van der Waals surface area contributed by atoms with Crippen molar-refractivity contribution in [1.82, 2.24) is 14.6 Å². The summed E-state index contributed by atoms with van der Waals surface area (Å²) in [7, 11) is 0. The highest BCUT2D eigenvalue weighted by molar-refractivity contribution is 5.92. The normalized spacial score (nSPS) is 16.5. The van der Waals surface area contributed by atoms with Crippen LogP contribution in [-0.2, 0) is 9.53 Å². The number of aromatic nitrogens is 3. The second-order valence-corrected chi connectivity index (χ2v) is 5.73. The Kier molecular flexibility index (Phi) is 3.88. The lowest BCUT2D eigenvalue weighted by molar-refractivity contribution is -0.122. The first-order chi connectivity index (χ1) is 10.1. The molecule has 0 bridgehead atoms. The van der Waals surface area contributed by atoms with E-state index in [1.807, 2.05) is 22.7 Å². The molecule has 3 heterocycles. The van der Waals surface area contributed by atoms with Gasteiger partial charge in [0, 0.05) is 31.2 Å². The van der Waals surface area contributed by atoms with Crippen LogP contribution in [0.5, 0.6) is 0 Å². The van der Waals surface area contributed by atoms with Crippen LogP contribution in [0.2, 0.25) is 0 Å². The summed E-state index contributed by atoms with van der Waals surface area (Å²) in [5.74, 6) is 1.28. The Labute approximate surface area is 123 Å². The Morgan fingerprint density at radius 1 is 1.33 bits per heavy atom. The number of nitrogens with one attached hydrogen (secondary N) is 1. The summed E-state index contributed by atoms with van der Waals surface area (Å²) < 4.78 is 7.22. The second kappa shape index (κ2) is 5.81. The van der Waals surface area contributed by atoms with Gasteiger partial charge in [-0.15, -0.1) is 10.2 Å². The van der Waals surface area contributed by atoms with E-state index in [1.165, 1.54) is 0 Å². The number of carbonyl (C=O) groups is 1. The van der Waals surface area contributed by atoms with Crippen LogP contribution in [0.15, 0.2) is 18.3 Å². The van der Waals surface area contributed by atoms with E-state index in [0.29, 0.717) is 13.2 Å². The molecule has 1 aliphatic rings. The van der Waals surface area contributed by atoms with Crippen molar-refractivity contribution in [2.45, 2.75) is 32.6 Å². The zero-order valence-electron chi connectivity index (χ0n) is 12.4. The van der Waals surface area contributed by atoms with Gasteiger partial charge < -0.3 is 10.1 Å². The number of carbonyl (C=O) groups excluding carboxylic acids is 1. The smallest absolute Gasteiger partial charge is 0.227 e. The lowest BCUT2D eigenvalue weighted by Gasteiger charge is -2.21. The van der Waals surface area contributed by atoms with E-state index in [1.54, 1.807) is 0 Å². The Morgan fingerprint density at radius 3 is 2.81 bits per heavy atom. The molecular weight excluding hydrogens is 268 g/mol. The number of amides is 1. The zero-order chi connectivity index (χ0) is 14.8. The van der Waals surface area contributed by atoms with Gasteiger partial charge in [0.2, 0.25) is 5.91 Å². The van der Waals surface area contributed by atoms with E-state index in [9.17, 15) is 4.79 Å². The largest absolute Gasteiger partial charge is 0.381 e. The SMILES string of the molecule is CC(C)c1nnc2ccc(NC(=O)C3CCOCC3)cn12. The lowest BCUT2D eigenvalue weighted by atomic mass is 9.99. The fourth-order valence-corrected chi connectivity index (χ4v) is 2.58. The van der Waals surface area contributed by atoms with Crippen molar-refractivity contribution in [3.63, 3.8) is 0 Å². The molecule has 0 atom stereocenters. The predicted octanol–water partition coefficient (Wildman–Crippen LogP) is 2.22. The molecule has 21 heavy (non-hydrogen) atoms. The van der Waals surface area contributed by atoms with Crippen LogP contribution in [-0.4, -0.2) is 33.7 Å². The Hall–Kier alpha value is -1.95. The number of nitrogens with zero attached hydrogens (tertiary/aromatic N) is 3. The van der Waals surface area contributed by atoms with Gasteiger partial charge in [0.1, 0.15) is 5.82 Å². The van der Waals surface area contributed by atoms with Crippen LogP contribution in [0.3, 0.4) is 0 Å². The van der Waals surface area contributed by atoms with Crippen molar-refractivity contribution in [3.05, 3.63) is 24.2 Å². The van der Waals surface area contributed by atoms with Gasteiger partial charge in [-0.3, -0.25) is 9.20 Å². The first-order valence-electron chi connectivity index (χ1n) is 7.38. The minimum Gasteiger partial charge on any atom is -0.381 e. The average Bonchev–Trinajstić information content (AvgIpc) is 2.91. The van der Waals surface area contributed by atoms with Crippen molar-refractivity contribution in [3.8, 4) is 0 Å². The molecule has 2 aromatic heterocycles. The number of fused-ring (bicyclic) bond motifs is 1. The van der Waals surface area contributed by atoms with Gasteiger partial charge in [0.05, 0.1) is 5.69 Å². The van der Waals surface area contributed by atoms with Crippen molar-refractivity contribution in [1.29, 1.82) is 0 Å². The van der Waals surface area contributed by atoms with Crippen molar-refractivity contribution in [2.75, 3.05) is 18.5 Å². The standard InChI is InChI=1S/C15H20N4O2/c1-10(2)14-18-17-13-4-3-12(9-19(13)14)16-15(20)11-5-7-21-8-6-11/h3-4,9-11H,5-8H2,1-2H3,(H,16,20). The third-order valence-corrected chi connectivity index (χ3v) is 3.80. The molecule has 112 valence electrons.